The van der Waals surface area contributed by atoms with Crippen LogP contribution in [0.3, 0.4) is 0 Å². The smallest absolute Gasteiger partial charge is 0.469 e. The van der Waals surface area contributed by atoms with Gasteiger partial charge in [-0.25, -0.2) is 4.98 Å². The molecular formula is C10H12F3N3O3. The molecule has 0 bridgehead atoms. The Morgan fingerprint density at radius 3 is 2.58 bits per heavy atom. The standard InChI is InChI=1S/C10H12F3N3O3/c1-18-9(17)2-5-6(15)3-8(16-7(5)4-14)19-10(11,12)13/h3H,2,4,14H2,1H3,(H2,15,16). The number of rotatable bonds is 4. The van der Waals surface area contributed by atoms with E-state index in [1.165, 1.54) is 7.11 Å². The monoisotopic (exact) mass is 279 g/mol. The van der Waals surface area contributed by atoms with Crippen LogP contribution < -0.4 is 16.2 Å². The maximum Gasteiger partial charge on any atom is 0.574 e. The van der Waals surface area contributed by atoms with E-state index < -0.39 is 18.2 Å². The molecule has 106 valence electrons. The minimum Gasteiger partial charge on any atom is -0.469 e. The minimum atomic E-state index is -4.88. The molecule has 0 saturated carbocycles. The Morgan fingerprint density at radius 1 is 1.47 bits per heavy atom. The molecule has 0 saturated heterocycles. The van der Waals surface area contributed by atoms with Crippen LogP contribution in [0.4, 0.5) is 18.9 Å². The Kier molecular flexibility index (Phi) is 4.54. The SMILES string of the molecule is COC(=O)Cc1c(N)cc(OC(F)(F)F)nc1CN. The normalized spacial score (nSPS) is 11.2. The van der Waals surface area contributed by atoms with Crippen LogP contribution >= 0.6 is 0 Å². The van der Waals surface area contributed by atoms with Gasteiger partial charge in [-0.3, -0.25) is 4.79 Å². The summed E-state index contributed by atoms with van der Waals surface area (Å²) < 4.78 is 44.3. The zero-order valence-corrected chi connectivity index (χ0v) is 9.95. The molecule has 0 aliphatic heterocycles. The highest BCUT2D eigenvalue weighted by Gasteiger charge is 2.32. The van der Waals surface area contributed by atoms with E-state index in [-0.39, 0.29) is 29.9 Å². The summed E-state index contributed by atoms with van der Waals surface area (Å²) in [7, 11) is 1.18. The zero-order chi connectivity index (χ0) is 14.6. The minimum absolute atomic E-state index is 0.0460. The van der Waals surface area contributed by atoms with Gasteiger partial charge in [0.2, 0.25) is 5.88 Å². The average Bonchev–Trinajstić information content (AvgIpc) is 2.29. The van der Waals surface area contributed by atoms with Crippen molar-refractivity contribution in [3.63, 3.8) is 0 Å². The van der Waals surface area contributed by atoms with Gasteiger partial charge in [-0.15, -0.1) is 13.2 Å². The summed E-state index contributed by atoms with van der Waals surface area (Å²) in [5, 5.41) is 0. The maximum absolute atomic E-state index is 12.1. The molecule has 0 aromatic carbocycles. The van der Waals surface area contributed by atoms with Crippen molar-refractivity contribution in [2.45, 2.75) is 19.3 Å². The lowest BCUT2D eigenvalue weighted by Crippen LogP contribution is -2.20. The fraction of sp³-hybridized carbons (Fsp3) is 0.400. The molecule has 0 aliphatic carbocycles. The third-order valence-corrected chi connectivity index (χ3v) is 2.18. The third-order valence-electron chi connectivity index (χ3n) is 2.18. The van der Waals surface area contributed by atoms with Crippen molar-refractivity contribution in [2.24, 2.45) is 5.73 Å². The summed E-state index contributed by atoms with van der Waals surface area (Å²) in [5.41, 5.74) is 11.1. The first kappa shape index (κ1) is 15.0. The number of hydrogen-bond donors (Lipinski definition) is 2. The molecular weight excluding hydrogens is 267 g/mol. The van der Waals surface area contributed by atoms with Gasteiger partial charge in [0.05, 0.1) is 19.2 Å². The van der Waals surface area contributed by atoms with Gasteiger partial charge in [0.1, 0.15) is 0 Å². The molecule has 1 aromatic heterocycles. The molecule has 0 unspecified atom stereocenters. The number of esters is 1. The number of pyridine rings is 1. The molecule has 0 fully saturated rings. The molecule has 0 atom stereocenters. The van der Waals surface area contributed by atoms with Crippen molar-refractivity contribution in [1.82, 2.24) is 4.98 Å². The largest absolute Gasteiger partial charge is 0.574 e. The second-order valence-electron chi connectivity index (χ2n) is 3.48. The van der Waals surface area contributed by atoms with Crippen LogP contribution in [0.2, 0.25) is 0 Å². The third kappa shape index (κ3) is 4.28. The molecule has 0 spiro atoms. The summed E-state index contributed by atoms with van der Waals surface area (Å²) in [5.74, 6) is -1.33. The van der Waals surface area contributed by atoms with E-state index in [0.717, 1.165) is 6.07 Å². The average molecular weight is 279 g/mol. The molecule has 6 nitrogen and oxygen atoms in total. The van der Waals surface area contributed by atoms with E-state index in [4.69, 9.17) is 11.5 Å². The van der Waals surface area contributed by atoms with Gasteiger partial charge >= 0.3 is 12.3 Å². The number of alkyl halides is 3. The van der Waals surface area contributed by atoms with Crippen LogP contribution in [-0.2, 0) is 22.5 Å². The number of nitrogen functional groups attached to an aromatic ring is 1. The second kappa shape index (κ2) is 5.74. The molecule has 4 N–H and O–H groups in total. The number of carbonyl (C=O) groups is 1. The van der Waals surface area contributed by atoms with Crippen LogP contribution in [-0.4, -0.2) is 24.4 Å². The van der Waals surface area contributed by atoms with Crippen molar-refractivity contribution in [3.8, 4) is 5.88 Å². The van der Waals surface area contributed by atoms with Crippen molar-refractivity contribution in [3.05, 3.63) is 17.3 Å². The Morgan fingerprint density at radius 2 is 2.11 bits per heavy atom. The maximum atomic E-state index is 12.1. The Labute approximate surface area is 106 Å². The molecule has 9 heteroatoms. The number of nitrogens with two attached hydrogens (primary N) is 2. The lowest BCUT2D eigenvalue weighted by molar-refractivity contribution is -0.276. The fourth-order valence-electron chi connectivity index (χ4n) is 1.38. The summed E-state index contributed by atoms with van der Waals surface area (Å²) in [6.45, 7) is -0.189. The predicted octanol–water partition coefficient (Wildman–Crippen LogP) is 0.737. The molecule has 1 aromatic rings. The number of hydrogen-bond acceptors (Lipinski definition) is 6. The van der Waals surface area contributed by atoms with Crippen LogP contribution in [0, 0.1) is 0 Å². The number of methoxy groups -OCH3 is 1. The van der Waals surface area contributed by atoms with Crippen molar-refractivity contribution < 1.29 is 27.4 Å². The Bertz CT molecular complexity index is 477. The van der Waals surface area contributed by atoms with Crippen LogP contribution in [0.1, 0.15) is 11.3 Å². The van der Waals surface area contributed by atoms with Crippen LogP contribution in [0.5, 0.6) is 5.88 Å². The molecule has 1 heterocycles. The van der Waals surface area contributed by atoms with Gasteiger partial charge in [-0.05, 0) is 0 Å². The lowest BCUT2D eigenvalue weighted by atomic mass is 10.1. The number of nitrogens with zero attached hydrogens (tertiary/aromatic N) is 1. The highest BCUT2D eigenvalue weighted by molar-refractivity contribution is 5.75. The quantitative estimate of drug-likeness (QED) is 0.788. The van der Waals surface area contributed by atoms with E-state index in [9.17, 15) is 18.0 Å². The summed E-state index contributed by atoms with van der Waals surface area (Å²) >= 11 is 0. The van der Waals surface area contributed by atoms with Gasteiger partial charge in [0.25, 0.3) is 0 Å². The van der Waals surface area contributed by atoms with E-state index in [2.05, 4.69) is 14.5 Å². The number of halogens is 3. The van der Waals surface area contributed by atoms with Gasteiger partial charge in [-0.1, -0.05) is 0 Å². The molecule has 19 heavy (non-hydrogen) atoms. The molecule has 0 aliphatic rings. The Balaban J connectivity index is 3.11. The van der Waals surface area contributed by atoms with Crippen LogP contribution in [0.25, 0.3) is 0 Å². The zero-order valence-electron chi connectivity index (χ0n) is 9.95. The van der Waals surface area contributed by atoms with E-state index >= 15 is 0 Å². The highest BCUT2D eigenvalue weighted by atomic mass is 19.4. The first-order valence-electron chi connectivity index (χ1n) is 5.07. The van der Waals surface area contributed by atoms with Crippen molar-refractivity contribution in [2.75, 3.05) is 12.8 Å². The number of anilines is 1. The van der Waals surface area contributed by atoms with E-state index in [0.29, 0.717) is 0 Å². The van der Waals surface area contributed by atoms with Crippen LogP contribution in [0.15, 0.2) is 6.07 Å². The molecule has 0 amide bonds. The second-order valence-corrected chi connectivity index (χ2v) is 3.48. The van der Waals surface area contributed by atoms with Gasteiger partial charge in [-0.2, -0.15) is 0 Å². The predicted molar refractivity (Wildman–Crippen MR) is 58.9 cm³/mol. The van der Waals surface area contributed by atoms with Crippen molar-refractivity contribution in [1.29, 1.82) is 0 Å². The molecule has 1 rings (SSSR count). The topological polar surface area (TPSA) is 100 Å². The van der Waals surface area contributed by atoms with E-state index in [1.54, 1.807) is 0 Å². The first-order valence-corrected chi connectivity index (χ1v) is 5.07. The molecule has 0 radical (unpaired) electrons. The fourth-order valence-corrected chi connectivity index (χ4v) is 1.38. The van der Waals surface area contributed by atoms with Crippen molar-refractivity contribution >= 4 is 11.7 Å². The number of carbonyl (C=O) groups excluding carboxylic acids is 1. The van der Waals surface area contributed by atoms with E-state index in [1.807, 2.05) is 0 Å². The number of ether oxygens (including phenoxy) is 2. The van der Waals surface area contributed by atoms with Gasteiger partial charge in [0, 0.05) is 23.9 Å². The summed E-state index contributed by atoms with van der Waals surface area (Å²) in [6.07, 6.45) is -5.11. The highest BCUT2D eigenvalue weighted by Crippen LogP contribution is 2.26. The van der Waals surface area contributed by atoms with Gasteiger partial charge < -0.3 is 20.9 Å². The van der Waals surface area contributed by atoms with Gasteiger partial charge in [0.15, 0.2) is 0 Å². The Hall–Kier alpha value is -2.03. The summed E-state index contributed by atoms with van der Waals surface area (Å²) in [4.78, 5) is 14.7. The number of aromatic nitrogens is 1. The lowest BCUT2D eigenvalue weighted by Gasteiger charge is -2.13. The summed E-state index contributed by atoms with van der Waals surface area (Å²) in [6, 6.07) is 0.880. The first-order chi connectivity index (χ1) is 8.76.